The molecule has 0 aliphatic heterocycles. The fourth-order valence-electron chi connectivity index (χ4n) is 1.46. The van der Waals surface area contributed by atoms with Gasteiger partial charge >= 0.3 is 0 Å². The Morgan fingerprint density at radius 3 is 2.89 bits per heavy atom. The third-order valence-corrected chi connectivity index (χ3v) is 3.96. The zero-order valence-electron chi connectivity index (χ0n) is 9.51. The van der Waals surface area contributed by atoms with Crippen LogP contribution in [-0.2, 0) is 6.54 Å². The Hall–Kier alpha value is -1.47. The van der Waals surface area contributed by atoms with Gasteiger partial charge in [0.25, 0.3) is 5.69 Å². The summed E-state index contributed by atoms with van der Waals surface area (Å²) in [4.78, 5) is 15.4. The molecule has 0 radical (unpaired) electrons. The molecule has 1 N–H and O–H groups in total. The van der Waals surface area contributed by atoms with E-state index in [0.29, 0.717) is 12.4 Å². The number of hydrogen-bond donors (Lipinski definition) is 1. The highest BCUT2D eigenvalue weighted by Gasteiger charge is 2.09. The second kappa shape index (κ2) is 5.45. The molecule has 2 aromatic heterocycles. The Kier molecular flexibility index (Phi) is 3.93. The Morgan fingerprint density at radius 1 is 1.56 bits per heavy atom. The number of pyridine rings is 1. The summed E-state index contributed by atoms with van der Waals surface area (Å²) in [5.41, 5.74) is 0.775. The molecule has 2 heterocycles. The topological polar surface area (TPSA) is 68.1 Å². The predicted octanol–water partition coefficient (Wildman–Crippen LogP) is 3.73. The van der Waals surface area contributed by atoms with Gasteiger partial charge in [0.1, 0.15) is 12.0 Å². The summed E-state index contributed by atoms with van der Waals surface area (Å²) in [6, 6.07) is 5.51. The van der Waals surface area contributed by atoms with Crippen molar-refractivity contribution in [1.82, 2.24) is 4.98 Å². The average Bonchev–Trinajstić information content (AvgIpc) is 2.73. The van der Waals surface area contributed by atoms with Crippen molar-refractivity contribution in [1.29, 1.82) is 0 Å². The van der Waals surface area contributed by atoms with Crippen LogP contribution in [0.3, 0.4) is 0 Å². The van der Waals surface area contributed by atoms with E-state index < -0.39 is 4.92 Å². The quantitative estimate of drug-likeness (QED) is 0.686. The molecule has 94 valence electrons. The number of aromatic nitrogens is 1. The van der Waals surface area contributed by atoms with Gasteiger partial charge in [-0.15, -0.1) is 11.3 Å². The number of anilines is 1. The summed E-state index contributed by atoms with van der Waals surface area (Å²) in [6.07, 6.45) is 1.26. The molecule has 0 unspecified atom stereocenters. The lowest BCUT2D eigenvalue weighted by Crippen LogP contribution is -2.02. The maximum absolute atomic E-state index is 10.6. The number of nitro groups is 1. The van der Waals surface area contributed by atoms with Gasteiger partial charge in [-0.25, -0.2) is 4.98 Å². The highest BCUT2D eigenvalue weighted by molar-refractivity contribution is 9.11. The standard InChI is InChI=1S/C11H10BrN3O2S/c1-7-4-8(15(16)17)5-13-11(7)14-6-9-2-3-10(12)18-9/h2-5H,6H2,1H3,(H,13,14). The second-order valence-electron chi connectivity index (χ2n) is 3.68. The first kappa shape index (κ1) is 13.0. The largest absolute Gasteiger partial charge is 0.365 e. The molecule has 0 amide bonds. The SMILES string of the molecule is Cc1cc([N+](=O)[O-])cnc1NCc1ccc(Br)s1. The summed E-state index contributed by atoms with van der Waals surface area (Å²) in [5, 5.41) is 13.8. The number of nitrogens with zero attached hydrogens (tertiary/aromatic N) is 2. The van der Waals surface area contributed by atoms with E-state index in [1.54, 1.807) is 18.3 Å². The first-order valence-electron chi connectivity index (χ1n) is 5.15. The van der Waals surface area contributed by atoms with Crippen LogP contribution in [0, 0.1) is 17.0 Å². The Labute approximate surface area is 116 Å². The Bertz CT molecular complexity index is 585. The molecule has 2 aromatic rings. The van der Waals surface area contributed by atoms with Crippen molar-refractivity contribution in [3.05, 3.63) is 48.7 Å². The molecule has 0 spiro atoms. The van der Waals surface area contributed by atoms with Crippen LogP contribution in [0.1, 0.15) is 10.4 Å². The van der Waals surface area contributed by atoms with Crippen molar-refractivity contribution >= 4 is 38.8 Å². The monoisotopic (exact) mass is 327 g/mol. The fraction of sp³-hybridized carbons (Fsp3) is 0.182. The molecule has 18 heavy (non-hydrogen) atoms. The van der Waals surface area contributed by atoms with Gasteiger partial charge < -0.3 is 5.32 Å². The average molecular weight is 328 g/mol. The third-order valence-electron chi connectivity index (χ3n) is 2.33. The third kappa shape index (κ3) is 3.05. The molecule has 0 fully saturated rings. The van der Waals surface area contributed by atoms with Crippen molar-refractivity contribution in [3.63, 3.8) is 0 Å². The van der Waals surface area contributed by atoms with Crippen LogP contribution in [0.4, 0.5) is 11.5 Å². The molecule has 0 aliphatic carbocycles. The number of halogens is 1. The molecule has 0 aromatic carbocycles. The van der Waals surface area contributed by atoms with Gasteiger partial charge in [-0.05, 0) is 40.5 Å². The predicted molar refractivity (Wildman–Crippen MR) is 75.0 cm³/mol. The van der Waals surface area contributed by atoms with E-state index in [-0.39, 0.29) is 5.69 Å². The summed E-state index contributed by atoms with van der Waals surface area (Å²) in [7, 11) is 0. The van der Waals surface area contributed by atoms with E-state index in [9.17, 15) is 10.1 Å². The van der Waals surface area contributed by atoms with Gasteiger partial charge in [0, 0.05) is 10.9 Å². The number of thiophene rings is 1. The Morgan fingerprint density at radius 2 is 2.33 bits per heavy atom. The highest BCUT2D eigenvalue weighted by atomic mass is 79.9. The van der Waals surface area contributed by atoms with Gasteiger partial charge in [-0.3, -0.25) is 10.1 Å². The molecule has 7 heteroatoms. The van der Waals surface area contributed by atoms with E-state index in [0.717, 1.165) is 9.35 Å². The van der Waals surface area contributed by atoms with Crippen molar-refractivity contribution in [2.75, 3.05) is 5.32 Å². The molecule has 0 saturated heterocycles. The lowest BCUT2D eigenvalue weighted by Gasteiger charge is -2.06. The van der Waals surface area contributed by atoms with Gasteiger partial charge in [0.15, 0.2) is 0 Å². The molecule has 5 nitrogen and oxygen atoms in total. The summed E-state index contributed by atoms with van der Waals surface area (Å²) in [5.74, 6) is 0.671. The van der Waals surface area contributed by atoms with Gasteiger partial charge in [0.05, 0.1) is 15.3 Å². The molecule has 0 bridgehead atoms. The van der Waals surface area contributed by atoms with E-state index in [2.05, 4.69) is 26.2 Å². The molecule has 2 rings (SSSR count). The van der Waals surface area contributed by atoms with Crippen LogP contribution in [0.15, 0.2) is 28.2 Å². The van der Waals surface area contributed by atoms with Crippen molar-refractivity contribution in [2.45, 2.75) is 13.5 Å². The maximum Gasteiger partial charge on any atom is 0.287 e. The van der Waals surface area contributed by atoms with Crippen LogP contribution >= 0.6 is 27.3 Å². The first-order valence-corrected chi connectivity index (χ1v) is 6.76. The minimum Gasteiger partial charge on any atom is -0.365 e. The lowest BCUT2D eigenvalue weighted by molar-refractivity contribution is -0.385. The molecule has 0 atom stereocenters. The number of rotatable bonds is 4. The van der Waals surface area contributed by atoms with Crippen LogP contribution in [0.5, 0.6) is 0 Å². The van der Waals surface area contributed by atoms with Crippen molar-refractivity contribution in [2.24, 2.45) is 0 Å². The van der Waals surface area contributed by atoms with Gasteiger partial charge in [-0.1, -0.05) is 0 Å². The van der Waals surface area contributed by atoms with Crippen LogP contribution < -0.4 is 5.32 Å². The van der Waals surface area contributed by atoms with E-state index in [1.807, 2.05) is 12.1 Å². The molecule has 0 saturated carbocycles. The first-order chi connectivity index (χ1) is 8.56. The fourth-order valence-corrected chi connectivity index (χ4v) is 2.89. The highest BCUT2D eigenvalue weighted by Crippen LogP contribution is 2.24. The minimum atomic E-state index is -0.444. The molecule has 0 aliphatic rings. The zero-order chi connectivity index (χ0) is 13.1. The van der Waals surface area contributed by atoms with E-state index >= 15 is 0 Å². The van der Waals surface area contributed by atoms with Crippen LogP contribution in [0.25, 0.3) is 0 Å². The van der Waals surface area contributed by atoms with Gasteiger partial charge in [0.2, 0.25) is 0 Å². The minimum absolute atomic E-state index is 0.0110. The molecular formula is C11H10BrN3O2S. The smallest absolute Gasteiger partial charge is 0.287 e. The van der Waals surface area contributed by atoms with Gasteiger partial charge in [-0.2, -0.15) is 0 Å². The molecular weight excluding hydrogens is 318 g/mol. The van der Waals surface area contributed by atoms with E-state index in [1.165, 1.54) is 17.1 Å². The number of nitrogens with one attached hydrogen (secondary N) is 1. The zero-order valence-corrected chi connectivity index (χ0v) is 11.9. The van der Waals surface area contributed by atoms with Crippen molar-refractivity contribution < 1.29 is 4.92 Å². The number of hydrogen-bond acceptors (Lipinski definition) is 5. The van der Waals surface area contributed by atoms with Crippen LogP contribution in [0.2, 0.25) is 0 Å². The Balaban J connectivity index is 2.08. The lowest BCUT2D eigenvalue weighted by atomic mass is 10.2. The normalized spacial score (nSPS) is 10.3. The summed E-state index contributed by atoms with van der Waals surface area (Å²) >= 11 is 5.04. The summed E-state index contributed by atoms with van der Waals surface area (Å²) < 4.78 is 1.08. The maximum atomic E-state index is 10.6. The summed E-state index contributed by atoms with van der Waals surface area (Å²) in [6.45, 7) is 2.45. The second-order valence-corrected chi connectivity index (χ2v) is 6.22. The number of aryl methyl sites for hydroxylation is 1. The van der Waals surface area contributed by atoms with E-state index in [4.69, 9.17) is 0 Å². The van der Waals surface area contributed by atoms with Crippen molar-refractivity contribution in [3.8, 4) is 0 Å². The van der Waals surface area contributed by atoms with Crippen LogP contribution in [-0.4, -0.2) is 9.91 Å².